The highest BCUT2D eigenvalue weighted by atomic mass is 16.5. The number of hydrogen-bond acceptors (Lipinski definition) is 8. The fraction of sp³-hybridized carbons (Fsp3) is 0.714. The zero-order chi connectivity index (χ0) is 18.5. The number of methoxy groups -OCH3 is 1. The first kappa shape index (κ1) is 20.2. The summed E-state index contributed by atoms with van der Waals surface area (Å²) in [5.41, 5.74) is -1.46. The van der Waals surface area contributed by atoms with E-state index in [1.807, 2.05) is 0 Å². The SMILES string of the molecule is COC1C(=NCC(=O)O)CC(O)(CO)CC1=N[C@@H](C(=O)O)[C@H](C)O. The van der Waals surface area contributed by atoms with Crippen LogP contribution in [-0.4, -0.2) is 93.0 Å². The van der Waals surface area contributed by atoms with Crippen LogP contribution in [-0.2, 0) is 14.3 Å². The van der Waals surface area contributed by atoms with Crippen LogP contribution in [0.1, 0.15) is 19.8 Å². The van der Waals surface area contributed by atoms with E-state index in [4.69, 9.17) is 14.9 Å². The number of nitrogens with zero attached hydrogens (tertiary/aromatic N) is 2. The lowest BCUT2D eigenvalue weighted by Gasteiger charge is -2.36. The number of carbonyl (C=O) groups is 2. The van der Waals surface area contributed by atoms with Gasteiger partial charge in [0.15, 0.2) is 6.04 Å². The molecule has 0 spiro atoms. The van der Waals surface area contributed by atoms with Crippen molar-refractivity contribution >= 4 is 23.4 Å². The first-order valence-electron chi connectivity index (χ1n) is 7.22. The number of aliphatic hydroxyl groups excluding tert-OH is 2. The summed E-state index contributed by atoms with van der Waals surface area (Å²) in [6, 6.07) is -1.49. The van der Waals surface area contributed by atoms with Crippen LogP contribution in [0.4, 0.5) is 0 Å². The molecular formula is C14H22N2O8. The van der Waals surface area contributed by atoms with Crippen molar-refractivity contribution in [1.29, 1.82) is 0 Å². The maximum Gasteiger partial charge on any atom is 0.331 e. The average molecular weight is 346 g/mol. The van der Waals surface area contributed by atoms with Gasteiger partial charge in [0.05, 0.1) is 29.7 Å². The number of aliphatic hydroxyl groups is 3. The first-order valence-corrected chi connectivity index (χ1v) is 7.22. The van der Waals surface area contributed by atoms with Gasteiger partial charge in [0, 0.05) is 20.0 Å². The zero-order valence-corrected chi connectivity index (χ0v) is 13.4. The van der Waals surface area contributed by atoms with Gasteiger partial charge in [-0.3, -0.25) is 14.8 Å². The summed E-state index contributed by atoms with van der Waals surface area (Å²) >= 11 is 0. The Morgan fingerprint density at radius 1 is 1.33 bits per heavy atom. The number of hydrogen-bond donors (Lipinski definition) is 5. The maximum absolute atomic E-state index is 11.2. The fourth-order valence-electron chi connectivity index (χ4n) is 2.47. The molecule has 0 aromatic carbocycles. The van der Waals surface area contributed by atoms with Gasteiger partial charge in [-0.1, -0.05) is 0 Å². The normalized spacial score (nSPS) is 30.3. The fourth-order valence-corrected chi connectivity index (χ4v) is 2.47. The van der Waals surface area contributed by atoms with E-state index in [-0.39, 0.29) is 24.3 Å². The van der Waals surface area contributed by atoms with E-state index >= 15 is 0 Å². The summed E-state index contributed by atoms with van der Waals surface area (Å²) in [5.74, 6) is -2.56. The molecule has 1 rings (SSSR count). The number of ether oxygens (including phenoxy) is 1. The lowest BCUT2D eigenvalue weighted by molar-refractivity contribution is -0.141. The van der Waals surface area contributed by atoms with Crippen LogP contribution in [0, 0.1) is 0 Å². The second-order valence-electron chi connectivity index (χ2n) is 5.70. The topological polar surface area (TPSA) is 169 Å². The minimum absolute atomic E-state index is 0.0674. The minimum Gasteiger partial charge on any atom is -0.480 e. The van der Waals surface area contributed by atoms with Gasteiger partial charge >= 0.3 is 11.9 Å². The van der Waals surface area contributed by atoms with Crippen LogP contribution in [0.5, 0.6) is 0 Å². The number of rotatable bonds is 7. The molecule has 136 valence electrons. The summed E-state index contributed by atoms with van der Waals surface area (Å²) in [5, 5.41) is 47.2. The van der Waals surface area contributed by atoms with Crippen molar-refractivity contribution < 1.29 is 39.9 Å². The Balaban J connectivity index is 3.30. The molecule has 0 bridgehead atoms. The van der Waals surface area contributed by atoms with Crippen LogP contribution in [0.15, 0.2) is 9.98 Å². The number of carboxylic acids is 2. The molecule has 0 aliphatic heterocycles. The number of aliphatic carboxylic acids is 2. The smallest absolute Gasteiger partial charge is 0.331 e. The average Bonchev–Trinajstić information content (AvgIpc) is 2.49. The zero-order valence-electron chi connectivity index (χ0n) is 13.4. The molecule has 1 saturated carbocycles. The molecule has 10 heteroatoms. The van der Waals surface area contributed by atoms with Crippen molar-refractivity contribution in [3.8, 4) is 0 Å². The van der Waals surface area contributed by atoms with Gasteiger partial charge < -0.3 is 30.3 Å². The predicted molar refractivity (Wildman–Crippen MR) is 82.5 cm³/mol. The molecule has 5 N–H and O–H groups in total. The summed E-state index contributed by atoms with van der Waals surface area (Å²) in [6.45, 7) is 0.0366. The largest absolute Gasteiger partial charge is 0.480 e. The molecule has 0 amide bonds. The van der Waals surface area contributed by atoms with Gasteiger partial charge in [0.2, 0.25) is 0 Å². The standard InChI is InChI=1S/C14H22N2O8/c1-7(18)11(13(21)22)16-9-4-14(23,6-17)3-8(12(9)24-2)15-5-10(19)20/h7,11-12,17-18,23H,3-6H2,1-2H3,(H,19,20)(H,21,22)/t7-,11+,12?,14?/m0/s1. The van der Waals surface area contributed by atoms with Gasteiger partial charge in [-0.25, -0.2) is 4.79 Å². The Hall–Kier alpha value is -1.88. The van der Waals surface area contributed by atoms with Crippen molar-refractivity contribution in [3.63, 3.8) is 0 Å². The van der Waals surface area contributed by atoms with E-state index in [0.717, 1.165) is 0 Å². The second-order valence-corrected chi connectivity index (χ2v) is 5.70. The summed E-state index contributed by atoms with van der Waals surface area (Å²) < 4.78 is 5.23. The summed E-state index contributed by atoms with van der Waals surface area (Å²) in [4.78, 5) is 29.7. The van der Waals surface area contributed by atoms with E-state index in [2.05, 4.69) is 9.98 Å². The molecule has 24 heavy (non-hydrogen) atoms. The van der Waals surface area contributed by atoms with Gasteiger partial charge in [-0.05, 0) is 6.92 Å². The van der Waals surface area contributed by atoms with Crippen molar-refractivity contribution in [2.45, 2.75) is 43.6 Å². The Labute approximate surface area is 138 Å². The van der Waals surface area contributed by atoms with E-state index in [1.165, 1.54) is 14.0 Å². The molecule has 1 aliphatic rings. The molecule has 1 aliphatic carbocycles. The highest BCUT2D eigenvalue weighted by molar-refractivity contribution is 6.14. The van der Waals surface area contributed by atoms with Gasteiger partial charge in [-0.15, -0.1) is 0 Å². The Kier molecular flexibility index (Phi) is 6.96. The molecule has 1 fully saturated rings. The second kappa shape index (κ2) is 8.29. The molecule has 2 unspecified atom stereocenters. The molecular weight excluding hydrogens is 324 g/mol. The molecule has 0 aromatic heterocycles. The van der Waals surface area contributed by atoms with Gasteiger partial charge in [0.25, 0.3) is 0 Å². The Morgan fingerprint density at radius 2 is 1.92 bits per heavy atom. The van der Waals surface area contributed by atoms with Crippen LogP contribution in [0.25, 0.3) is 0 Å². The number of carboxylic acid groups (broad SMARTS) is 2. The predicted octanol–water partition coefficient (Wildman–Crippen LogP) is -1.68. The first-order chi connectivity index (χ1) is 11.1. The lowest BCUT2D eigenvalue weighted by Crippen LogP contribution is -2.51. The Bertz CT molecular complexity index is 545. The number of aliphatic imine (C=N–C) groups is 2. The molecule has 4 atom stereocenters. The third-order valence-electron chi connectivity index (χ3n) is 3.59. The highest BCUT2D eigenvalue weighted by Gasteiger charge is 2.42. The van der Waals surface area contributed by atoms with Gasteiger partial charge in [0.1, 0.15) is 12.6 Å². The van der Waals surface area contributed by atoms with Crippen LogP contribution < -0.4 is 0 Å². The van der Waals surface area contributed by atoms with Crippen molar-refractivity contribution in [3.05, 3.63) is 0 Å². The Morgan fingerprint density at radius 3 is 2.33 bits per heavy atom. The quantitative estimate of drug-likeness (QED) is 0.364. The van der Waals surface area contributed by atoms with E-state index in [9.17, 15) is 24.9 Å². The van der Waals surface area contributed by atoms with E-state index in [0.29, 0.717) is 0 Å². The molecule has 0 saturated heterocycles. The van der Waals surface area contributed by atoms with Crippen LogP contribution >= 0.6 is 0 Å². The molecule has 0 heterocycles. The molecule has 10 nitrogen and oxygen atoms in total. The summed E-state index contributed by atoms with van der Waals surface area (Å²) in [6.07, 6.45) is -2.56. The van der Waals surface area contributed by atoms with Crippen LogP contribution in [0.3, 0.4) is 0 Å². The van der Waals surface area contributed by atoms with E-state index < -0.39 is 48.9 Å². The van der Waals surface area contributed by atoms with Crippen molar-refractivity contribution in [2.75, 3.05) is 20.3 Å². The lowest BCUT2D eigenvalue weighted by atomic mass is 9.80. The monoisotopic (exact) mass is 346 g/mol. The highest BCUT2D eigenvalue weighted by Crippen LogP contribution is 2.27. The van der Waals surface area contributed by atoms with E-state index in [1.54, 1.807) is 0 Å². The minimum atomic E-state index is -1.66. The van der Waals surface area contributed by atoms with Crippen molar-refractivity contribution in [1.82, 2.24) is 0 Å². The van der Waals surface area contributed by atoms with Crippen molar-refractivity contribution in [2.24, 2.45) is 9.98 Å². The third-order valence-corrected chi connectivity index (χ3v) is 3.59. The molecule has 0 radical (unpaired) electrons. The summed E-state index contributed by atoms with van der Waals surface area (Å²) in [7, 11) is 1.30. The third kappa shape index (κ3) is 5.06. The maximum atomic E-state index is 11.2. The van der Waals surface area contributed by atoms with Crippen LogP contribution in [0.2, 0.25) is 0 Å². The molecule has 0 aromatic rings. The van der Waals surface area contributed by atoms with Gasteiger partial charge in [-0.2, -0.15) is 0 Å².